The largest absolute Gasteiger partial charge is 0.506 e. The number of phenolic OH excluding ortho intramolecular Hbond substituents is 1. The fraction of sp³-hybridized carbons (Fsp3) is 0.375. The van der Waals surface area contributed by atoms with Crippen molar-refractivity contribution < 1.29 is 28.5 Å². The van der Waals surface area contributed by atoms with E-state index in [9.17, 15) is 28.5 Å². The van der Waals surface area contributed by atoms with Gasteiger partial charge >= 0.3 is 4.87 Å². The maximum absolute atomic E-state index is 11.4. The summed E-state index contributed by atoms with van der Waals surface area (Å²) in [6.07, 6.45) is 2.07. The van der Waals surface area contributed by atoms with Gasteiger partial charge in [0.05, 0.1) is 23.4 Å². The van der Waals surface area contributed by atoms with E-state index in [0.717, 1.165) is 54.8 Å². The maximum Gasteiger partial charge on any atom is 0.307 e. The molecule has 0 saturated carbocycles. The van der Waals surface area contributed by atoms with Crippen LogP contribution in [0, 0.1) is 0 Å². The molecular weight excluding hydrogens is 520 g/mol. The highest BCUT2D eigenvalue weighted by atomic mass is 32.2. The molecule has 200 valence electrons. The van der Waals surface area contributed by atoms with Crippen LogP contribution in [0.5, 0.6) is 17.4 Å². The number of thiazole rings is 1. The molecule has 2 heterocycles. The monoisotopic (exact) mass is 550 g/mol. The number of phenols is 1. The van der Waals surface area contributed by atoms with Crippen LogP contribution in [0.2, 0.25) is 0 Å². The van der Waals surface area contributed by atoms with Crippen molar-refractivity contribution >= 4 is 32.7 Å². The number of ether oxygens (including phenoxy) is 1. The SMILES string of the molecule is CS(=O)(=O)Nc1cc(O[C@@H](O)CNC2CCN(c3ccc(Cc4sc(=O)[nH]c4O)cc3)CC2)ccc1O. The number of H-pyrrole nitrogens is 1. The van der Waals surface area contributed by atoms with Gasteiger partial charge in [-0.3, -0.25) is 14.5 Å². The normalized spacial score (nSPS) is 15.5. The number of aromatic nitrogens is 1. The molecule has 0 unspecified atom stereocenters. The number of hydrogen-bond acceptors (Lipinski definition) is 10. The Morgan fingerprint density at radius 1 is 1.16 bits per heavy atom. The molecule has 3 aromatic rings. The second-order valence-electron chi connectivity index (χ2n) is 8.92. The lowest BCUT2D eigenvalue weighted by Crippen LogP contribution is -2.45. The number of benzene rings is 2. The van der Waals surface area contributed by atoms with E-state index >= 15 is 0 Å². The van der Waals surface area contributed by atoms with E-state index < -0.39 is 16.3 Å². The van der Waals surface area contributed by atoms with Crippen molar-refractivity contribution in [1.29, 1.82) is 0 Å². The standard InChI is InChI=1S/C24H30N4O7S2/c1-37(33,34)27-19-13-18(6-7-20(19)29)35-22(30)14-25-16-8-10-28(11-9-16)17-4-2-15(3-5-17)12-21-23(31)26-24(32)36-21/h2-7,13,16,22,25,27,29-31H,8-12,14H2,1H3,(H,26,32)/t22-/m1/s1. The topological polar surface area (TPSA) is 164 Å². The highest BCUT2D eigenvalue weighted by molar-refractivity contribution is 7.92. The summed E-state index contributed by atoms with van der Waals surface area (Å²) in [5.74, 6) is -0.0940. The van der Waals surface area contributed by atoms with Gasteiger partial charge in [-0.05, 0) is 42.7 Å². The molecule has 1 aliphatic heterocycles. The van der Waals surface area contributed by atoms with Crippen LogP contribution in [0.25, 0.3) is 0 Å². The van der Waals surface area contributed by atoms with E-state index in [1.165, 1.54) is 18.2 Å². The van der Waals surface area contributed by atoms with Crippen molar-refractivity contribution in [3.63, 3.8) is 0 Å². The highest BCUT2D eigenvalue weighted by Crippen LogP contribution is 2.29. The van der Waals surface area contributed by atoms with E-state index in [4.69, 9.17) is 4.74 Å². The number of rotatable bonds is 10. The Kier molecular flexibility index (Phi) is 8.27. The third-order valence-corrected chi connectivity index (χ3v) is 7.44. The van der Waals surface area contributed by atoms with Gasteiger partial charge < -0.3 is 30.3 Å². The molecule has 4 rings (SSSR count). The Bertz CT molecular complexity index is 1360. The van der Waals surface area contributed by atoms with Crippen LogP contribution in [0.4, 0.5) is 11.4 Å². The Balaban J connectivity index is 1.22. The van der Waals surface area contributed by atoms with Crippen LogP contribution in [0.1, 0.15) is 23.3 Å². The Labute approximate surface area is 218 Å². The molecular formula is C24H30N4O7S2. The average Bonchev–Trinajstić information content (AvgIpc) is 3.16. The third kappa shape index (κ3) is 7.61. The van der Waals surface area contributed by atoms with E-state index in [1.54, 1.807) is 0 Å². The lowest BCUT2D eigenvalue weighted by atomic mass is 10.0. The highest BCUT2D eigenvalue weighted by Gasteiger charge is 2.21. The summed E-state index contributed by atoms with van der Waals surface area (Å²) >= 11 is 1.01. The first-order valence-corrected chi connectivity index (χ1v) is 14.4. The minimum absolute atomic E-state index is 0.0275. The van der Waals surface area contributed by atoms with Gasteiger partial charge in [-0.2, -0.15) is 0 Å². The van der Waals surface area contributed by atoms with E-state index in [0.29, 0.717) is 11.3 Å². The zero-order valence-corrected chi connectivity index (χ0v) is 21.8. The van der Waals surface area contributed by atoms with Crippen LogP contribution in [0.15, 0.2) is 47.3 Å². The molecule has 1 fully saturated rings. The molecule has 0 radical (unpaired) electrons. The zero-order chi connectivity index (χ0) is 26.6. The molecule has 1 aliphatic rings. The number of piperidine rings is 1. The quantitative estimate of drug-likeness (QED) is 0.163. The number of nitrogens with zero attached hydrogens (tertiary/aromatic N) is 1. The third-order valence-electron chi connectivity index (χ3n) is 5.98. The lowest BCUT2D eigenvalue weighted by Gasteiger charge is -2.34. The van der Waals surface area contributed by atoms with Crippen molar-refractivity contribution in [3.8, 4) is 17.4 Å². The van der Waals surface area contributed by atoms with Crippen molar-refractivity contribution in [2.75, 3.05) is 35.5 Å². The molecule has 2 aromatic carbocycles. The predicted molar refractivity (Wildman–Crippen MR) is 142 cm³/mol. The summed E-state index contributed by atoms with van der Waals surface area (Å²) in [7, 11) is -3.57. The number of hydrogen-bond donors (Lipinski definition) is 6. The van der Waals surface area contributed by atoms with Gasteiger partial charge in [0.15, 0.2) is 0 Å². The number of nitrogens with one attached hydrogen (secondary N) is 3. The Morgan fingerprint density at radius 2 is 1.86 bits per heavy atom. The second kappa shape index (κ2) is 11.4. The molecule has 1 saturated heterocycles. The first-order valence-electron chi connectivity index (χ1n) is 11.7. The Hall–Kier alpha value is -3.26. The van der Waals surface area contributed by atoms with Crippen LogP contribution in [-0.4, -0.2) is 66.9 Å². The van der Waals surface area contributed by atoms with Crippen LogP contribution in [-0.2, 0) is 16.4 Å². The minimum atomic E-state index is -3.57. The van der Waals surface area contributed by atoms with Crippen molar-refractivity contribution in [1.82, 2.24) is 10.3 Å². The molecule has 0 aliphatic carbocycles. The summed E-state index contributed by atoms with van der Waals surface area (Å²) in [6, 6.07) is 12.3. The van der Waals surface area contributed by atoms with Gasteiger partial charge in [0.1, 0.15) is 11.5 Å². The molecule has 11 nitrogen and oxygen atoms in total. The molecule has 37 heavy (non-hydrogen) atoms. The molecule has 6 N–H and O–H groups in total. The smallest absolute Gasteiger partial charge is 0.307 e. The summed E-state index contributed by atoms with van der Waals surface area (Å²) in [6.45, 7) is 1.87. The predicted octanol–water partition coefficient (Wildman–Crippen LogP) is 1.77. The maximum atomic E-state index is 11.4. The first kappa shape index (κ1) is 26.8. The van der Waals surface area contributed by atoms with Crippen LogP contribution in [0.3, 0.4) is 0 Å². The van der Waals surface area contributed by atoms with Crippen LogP contribution >= 0.6 is 11.3 Å². The molecule has 1 atom stereocenters. The number of aliphatic hydroxyl groups excluding tert-OH is 1. The van der Waals surface area contributed by atoms with E-state index in [2.05, 4.69) is 19.9 Å². The van der Waals surface area contributed by atoms with E-state index in [-0.39, 0.29) is 40.5 Å². The van der Waals surface area contributed by atoms with Gasteiger partial charge in [0.25, 0.3) is 0 Å². The molecule has 0 spiro atoms. The summed E-state index contributed by atoms with van der Waals surface area (Å²) < 4.78 is 30.5. The summed E-state index contributed by atoms with van der Waals surface area (Å²) in [5.41, 5.74) is 2.08. The second-order valence-corrected chi connectivity index (χ2v) is 11.7. The average molecular weight is 551 g/mol. The fourth-order valence-corrected chi connectivity index (χ4v) is 5.48. The summed E-state index contributed by atoms with van der Waals surface area (Å²) in [5, 5.41) is 33.2. The van der Waals surface area contributed by atoms with Gasteiger partial charge in [0, 0.05) is 37.3 Å². The molecule has 0 bridgehead atoms. The molecule has 13 heteroatoms. The Morgan fingerprint density at radius 3 is 2.49 bits per heavy atom. The van der Waals surface area contributed by atoms with Crippen LogP contribution < -0.4 is 24.5 Å². The first-order chi connectivity index (χ1) is 17.6. The van der Waals surface area contributed by atoms with E-state index in [1.807, 2.05) is 24.3 Å². The zero-order valence-electron chi connectivity index (χ0n) is 20.2. The van der Waals surface area contributed by atoms with Crippen molar-refractivity contribution in [3.05, 3.63) is 62.6 Å². The number of aromatic hydroxyl groups is 2. The number of sulfonamides is 1. The minimum Gasteiger partial charge on any atom is -0.506 e. The number of aromatic amines is 1. The number of anilines is 2. The lowest BCUT2D eigenvalue weighted by molar-refractivity contribution is -0.0174. The molecule has 0 amide bonds. The van der Waals surface area contributed by atoms with Crippen molar-refractivity contribution in [2.45, 2.75) is 31.6 Å². The van der Waals surface area contributed by atoms with Gasteiger partial charge in [0.2, 0.25) is 22.2 Å². The fourth-order valence-electron chi connectivity index (χ4n) is 4.16. The molecule has 1 aromatic heterocycles. The number of aliphatic hydroxyl groups is 1. The van der Waals surface area contributed by atoms with Crippen molar-refractivity contribution in [2.24, 2.45) is 0 Å². The van der Waals surface area contributed by atoms with Gasteiger partial charge in [-0.1, -0.05) is 23.5 Å². The van der Waals surface area contributed by atoms with Gasteiger partial charge in [-0.25, -0.2) is 8.42 Å². The summed E-state index contributed by atoms with van der Waals surface area (Å²) in [4.78, 5) is 16.4. The van der Waals surface area contributed by atoms with Gasteiger partial charge in [-0.15, -0.1) is 0 Å².